The van der Waals surface area contributed by atoms with E-state index in [1.165, 1.54) is 0 Å². The van der Waals surface area contributed by atoms with Gasteiger partial charge >= 0.3 is 0 Å². The van der Waals surface area contributed by atoms with Crippen LogP contribution < -0.4 is 15.0 Å². The van der Waals surface area contributed by atoms with Gasteiger partial charge < -0.3 is 24.8 Å². The van der Waals surface area contributed by atoms with Crippen LogP contribution in [0.3, 0.4) is 0 Å². The molecule has 0 bridgehead atoms. The van der Waals surface area contributed by atoms with Gasteiger partial charge in [-0.3, -0.25) is 14.4 Å². The number of ether oxygens (including phenoxy) is 1. The number of methoxy groups -OCH3 is 1. The summed E-state index contributed by atoms with van der Waals surface area (Å²) in [6, 6.07) is 22.3. The maximum absolute atomic E-state index is 13.6. The predicted molar refractivity (Wildman–Crippen MR) is 163 cm³/mol. The summed E-state index contributed by atoms with van der Waals surface area (Å²) in [5.74, 6) is 0.312. The molecule has 1 heterocycles. The number of anilines is 2. The molecule has 0 spiro atoms. The molecule has 8 heteroatoms. The fourth-order valence-electron chi connectivity index (χ4n) is 5.31. The van der Waals surface area contributed by atoms with Crippen LogP contribution >= 0.6 is 0 Å². The molecular weight excluding hydrogens is 516 g/mol. The quantitative estimate of drug-likeness (QED) is 0.368. The van der Waals surface area contributed by atoms with Crippen LogP contribution in [0.5, 0.6) is 5.75 Å². The highest BCUT2D eigenvalue weighted by atomic mass is 16.5. The van der Waals surface area contributed by atoms with Crippen LogP contribution in [-0.4, -0.2) is 73.9 Å². The van der Waals surface area contributed by atoms with Gasteiger partial charge in [0.05, 0.1) is 18.6 Å². The Morgan fingerprint density at radius 1 is 0.878 bits per heavy atom. The molecule has 0 aliphatic carbocycles. The maximum atomic E-state index is 13.6. The highest BCUT2D eigenvalue weighted by molar-refractivity contribution is 6.06. The Hall–Kier alpha value is -4.33. The molecule has 1 saturated heterocycles. The molecular formula is C33H40N4O4. The maximum Gasteiger partial charge on any atom is 0.256 e. The average Bonchev–Trinajstić information content (AvgIpc) is 3.02. The first-order valence-corrected chi connectivity index (χ1v) is 14.4. The Morgan fingerprint density at radius 2 is 1.54 bits per heavy atom. The summed E-state index contributed by atoms with van der Waals surface area (Å²) >= 11 is 0. The molecule has 4 rings (SSSR count). The lowest BCUT2D eigenvalue weighted by atomic mass is 9.94. The summed E-state index contributed by atoms with van der Waals surface area (Å²) in [5, 5.41) is 2.93. The summed E-state index contributed by atoms with van der Waals surface area (Å²) in [6.45, 7) is 9.52. The van der Waals surface area contributed by atoms with E-state index in [1.54, 1.807) is 42.3 Å². The molecule has 1 fully saturated rings. The second-order valence-corrected chi connectivity index (χ2v) is 10.1. The van der Waals surface area contributed by atoms with Crippen molar-refractivity contribution in [2.24, 2.45) is 0 Å². The Morgan fingerprint density at radius 3 is 2.12 bits per heavy atom. The van der Waals surface area contributed by atoms with Crippen LogP contribution in [0.1, 0.15) is 59.4 Å². The second kappa shape index (κ2) is 13.8. The summed E-state index contributed by atoms with van der Waals surface area (Å²) in [7, 11) is 1.58. The predicted octanol–water partition coefficient (Wildman–Crippen LogP) is 5.27. The Balaban J connectivity index is 1.53. The number of nitrogens with zero attached hydrogens (tertiary/aromatic N) is 3. The number of benzene rings is 3. The number of carbonyl (C=O) groups is 3. The fraction of sp³-hybridized carbons (Fsp3) is 0.364. The van der Waals surface area contributed by atoms with Crippen molar-refractivity contribution in [1.82, 2.24) is 9.80 Å². The van der Waals surface area contributed by atoms with Gasteiger partial charge in [-0.05, 0) is 68.3 Å². The number of hydrogen-bond acceptors (Lipinski definition) is 5. The Kier molecular flexibility index (Phi) is 10.0. The van der Waals surface area contributed by atoms with E-state index >= 15 is 0 Å². The van der Waals surface area contributed by atoms with E-state index in [0.717, 1.165) is 17.7 Å². The SMILES string of the molecule is CC[C@H](C(=O)N1CCN(c2ccc(NC(=O)c3ccc(OC)cc3)cc2C(=O)N(CC)CC)CC1)c1ccccc1. The first-order chi connectivity index (χ1) is 19.9. The number of carbonyl (C=O) groups excluding carboxylic acids is 3. The molecule has 0 radical (unpaired) electrons. The smallest absolute Gasteiger partial charge is 0.256 e. The lowest BCUT2D eigenvalue weighted by molar-refractivity contribution is -0.133. The van der Waals surface area contributed by atoms with Crippen LogP contribution in [0.15, 0.2) is 72.8 Å². The van der Waals surface area contributed by atoms with Crippen molar-refractivity contribution in [2.75, 3.05) is 56.6 Å². The lowest BCUT2D eigenvalue weighted by Crippen LogP contribution is -2.50. The third-order valence-electron chi connectivity index (χ3n) is 7.73. The van der Waals surface area contributed by atoms with E-state index in [-0.39, 0.29) is 23.6 Å². The van der Waals surface area contributed by atoms with Crippen molar-refractivity contribution < 1.29 is 19.1 Å². The highest BCUT2D eigenvalue weighted by Crippen LogP contribution is 2.29. The molecule has 0 saturated carbocycles. The number of nitrogens with one attached hydrogen (secondary N) is 1. The van der Waals surface area contributed by atoms with Crippen molar-refractivity contribution in [1.29, 1.82) is 0 Å². The summed E-state index contributed by atoms with van der Waals surface area (Å²) < 4.78 is 5.18. The van der Waals surface area contributed by atoms with E-state index in [4.69, 9.17) is 4.74 Å². The molecule has 1 aliphatic rings. The molecule has 41 heavy (non-hydrogen) atoms. The third-order valence-corrected chi connectivity index (χ3v) is 7.73. The van der Waals surface area contributed by atoms with E-state index in [1.807, 2.05) is 68.1 Å². The number of amides is 3. The monoisotopic (exact) mass is 556 g/mol. The topological polar surface area (TPSA) is 82.2 Å². The van der Waals surface area contributed by atoms with Crippen LogP contribution in [0, 0.1) is 0 Å². The average molecular weight is 557 g/mol. The van der Waals surface area contributed by atoms with Crippen molar-refractivity contribution in [3.05, 3.63) is 89.5 Å². The zero-order valence-electron chi connectivity index (χ0n) is 24.4. The molecule has 3 aromatic carbocycles. The molecule has 0 unspecified atom stereocenters. The van der Waals surface area contributed by atoms with Gasteiger partial charge in [0.15, 0.2) is 0 Å². The van der Waals surface area contributed by atoms with E-state index in [0.29, 0.717) is 61.8 Å². The normalized spacial score (nSPS) is 13.9. The number of piperazine rings is 1. The number of hydrogen-bond donors (Lipinski definition) is 1. The minimum absolute atomic E-state index is 0.0841. The first-order valence-electron chi connectivity index (χ1n) is 14.4. The van der Waals surface area contributed by atoms with Gasteiger partial charge in [0.2, 0.25) is 5.91 Å². The van der Waals surface area contributed by atoms with Crippen molar-refractivity contribution in [3.8, 4) is 5.75 Å². The molecule has 3 amide bonds. The standard InChI is InChI=1S/C33H40N4O4/c1-5-28(24-11-9-8-10-12-24)32(39)37-21-19-36(20-22-37)30-18-15-26(23-29(30)33(40)35(6-2)7-3)34-31(38)25-13-16-27(41-4)17-14-25/h8-18,23,28H,5-7,19-22H2,1-4H3,(H,34,38)/t28-/m0/s1. The van der Waals surface area contributed by atoms with Gasteiger partial charge in [-0.2, -0.15) is 0 Å². The minimum Gasteiger partial charge on any atom is -0.497 e. The Labute approximate surface area is 242 Å². The summed E-state index contributed by atoms with van der Waals surface area (Å²) in [5.41, 5.74) is 3.44. The van der Waals surface area contributed by atoms with Crippen LogP contribution in [-0.2, 0) is 4.79 Å². The van der Waals surface area contributed by atoms with Gasteiger partial charge in [0, 0.05) is 56.2 Å². The molecule has 8 nitrogen and oxygen atoms in total. The number of rotatable bonds is 10. The van der Waals surface area contributed by atoms with Gasteiger partial charge in [0.25, 0.3) is 11.8 Å². The molecule has 3 aromatic rings. The van der Waals surface area contributed by atoms with Crippen LogP contribution in [0.25, 0.3) is 0 Å². The molecule has 1 atom stereocenters. The van der Waals surface area contributed by atoms with Gasteiger partial charge in [-0.1, -0.05) is 37.3 Å². The van der Waals surface area contributed by atoms with Crippen LogP contribution in [0.4, 0.5) is 11.4 Å². The van der Waals surface area contributed by atoms with Gasteiger partial charge in [-0.25, -0.2) is 0 Å². The van der Waals surface area contributed by atoms with E-state index in [9.17, 15) is 14.4 Å². The Bertz CT molecular complexity index is 1330. The van der Waals surface area contributed by atoms with Crippen molar-refractivity contribution in [2.45, 2.75) is 33.1 Å². The molecule has 216 valence electrons. The second-order valence-electron chi connectivity index (χ2n) is 10.1. The molecule has 1 aliphatic heterocycles. The zero-order chi connectivity index (χ0) is 29.4. The highest BCUT2D eigenvalue weighted by Gasteiger charge is 2.29. The van der Waals surface area contributed by atoms with E-state index in [2.05, 4.69) is 10.2 Å². The zero-order valence-corrected chi connectivity index (χ0v) is 24.4. The van der Waals surface area contributed by atoms with Crippen molar-refractivity contribution in [3.63, 3.8) is 0 Å². The lowest BCUT2D eigenvalue weighted by Gasteiger charge is -2.38. The third kappa shape index (κ3) is 6.88. The summed E-state index contributed by atoms with van der Waals surface area (Å²) in [6.07, 6.45) is 0.745. The summed E-state index contributed by atoms with van der Waals surface area (Å²) in [4.78, 5) is 45.8. The van der Waals surface area contributed by atoms with Crippen molar-refractivity contribution >= 4 is 29.1 Å². The van der Waals surface area contributed by atoms with Crippen LogP contribution in [0.2, 0.25) is 0 Å². The van der Waals surface area contributed by atoms with E-state index < -0.39 is 0 Å². The molecule has 0 aromatic heterocycles. The minimum atomic E-state index is -0.266. The van der Waals surface area contributed by atoms with Gasteiger partial charge in [-0.15, -0.1) is 0 Å². The first kappa shape index (κ1) is 29.6. The molecule has 1 N–H and O–H groups in total. The largest absolute Gasteiger partial charge is 0.497 e. The van der Waals surface area contributed by atoms with Gasteiger partial charge in [0.1, 0.15) is 5.75 Å². The fourth-order valence-corrected chi connectivity index (χ4v) is 5.31.